The Kier molecular flexibility index (Phi) is 5.37. The van der Waals surface area contributed by atoms with Gasteiger partial charge in [0.2, 0.25) is 5.91 Å². The molecule has 0 unspecified atom stereocenters. The van der Waals surface area contributed by atoms with Gasteiger partial charge < -0.3 is 10.2 Å². The minimum absolute atomic E-state index is 0.0183. The Morgan fingerprint density at radius 1 is 1.17 bits per heavy atom. The molecule has 2 heterocycles. The van der Waals surface area contributed by atoms with Crippen LogP contribution in [0.25, 0.3) is 11.0 Å². The van der Waals surface area contributed by atoms with Crippen molar-refractivity contribution in [2.75, 3.05) is 39.3 Å². The first kappa shape index (κ1) is 16.8. The van der Waals surface area contributed by atoms with Crippen LogP contribution < -0.4 is 5.32 Å². The largest absolute Gasteiger partial charge is 0.355 e. The summed E-state index contributed by atoms with van der Waals surface area (Å²) in [5.74, 6) is 0.0588. The Morgan fingerprint density at radius 2 is 2.00 bits per heavy atom. The van der Waals surface area contributed by atoms with Gasteiger partial charge in [0.25, 0.3) is 5.91 Å². The molecule has 128 valence electrons. The van der Waals surface area contributed by atoms with E-state index in [9.17, 15) is 9.59 Å². The van der Waals surface area contributed by atoms with Crippen molar-refractivity contribution in [1.29, 1.82) is 0 Å². The summed E-state index contributed by atoms with van der Waals surface area (Å²) in [6.07, 6.45) is 0.867. The lowest BCUT2D eigenvalue weighted by Crippen LogP contribution is -2.40. The first-order valence-electron chi connectivity index (χ1n) is 8.18. The summed E-state index contributed by atoms with van der Waals surface area (Å²) in [5, 5.41) is 2.81. The van der Waals surface area contributed by atoms with Crippen LogP contribution in [0.4, 0.5) is 0 Å². The number of carbonyl (C=O) groups excluding carboxylic acids is 2. The van der Waals surface area contributed by atoms with Gasteiger partial charge in [0.1, 0.15) is 11.0 Å². The Hall–Kier alpha value is -2.06. The highest BCUT2D eigenvalue weighted by Gasteiger charge is 2.21. The molecule has 0 aliphatic carbocycles. The second-order valence-electron chi connectivity index (χ2n) is 5.84. The van der Waals surface area contributed by atoms with Gasteiger partial charge in [-0.1, -0.05) is 0 Å². The minimum atomic E-state index is 0.0183. The molecule has 0 bridgehead atoms. The first-order valence-corrected chi connectivity index (χ1v) is 8.91. The number of amides is 2. The number of nitrogens with zero attached hydrogens (tertiary/aromatic N) is 4. The van der Waals surface area contributed by atoms with E-state index in [0.29, 0.717) is 38.3 Å². The summed E-state index contributed by atoms with van der Waals surface area (Å²) in [6, 6.07) is 5.45. The highest BCUT2D eigenvalue weighted by atomic mass is 32.1. The molecular weight excluding hydrogens is 326 g/mol. The second kappa shape index (κ2) is 7.67. The van der Waals surface area contributed by atoms with E-state index < -0.39 is 0 Å². The van der Waals surface area contributed by atoms with Gasteiger partial charge in [-0.25, -0.2) is 0 Å². The van der Waals surface area contributed by atoms with Crippen LogP contribution in [0.5, 0.6) is 0 Å². The molecule has 2 amide bonds. The van der Waals surface area contributed by atoms with Crippen molar-refractivity contribution in [2.24, 2.45) is 0 Å². The van der Waals surface area contributed by atoms with Crippen molar-refractivity contribution in [3.8, 4) is 0 Å². The predicted molar refractivity (Wildman–Crippen MR) is 93.1 cm³/mol. The van der Waals surface area contributed by atoms with Crippen LogP contribution >= 0.6 is 11.7 Å². The van der Waals surface area contributed by atoms with Gasteiger partial charge in [-0.05, 0) is 31.5 Å². The van der Waals surface area contributed by atoms with E-state index in [-0.39, 0.29) is 11.8 Å². The van der Waals surface area contributed by atoms with Crippen LogP contribution in [0.2, 0.25) is 0 Å². The van der Waals surface area contributed by atoms with Gasteiger partial charge >= 0.3 is 0 Å². The summed E-state index contributed by atoms with van der Waals surface area (Å²) >= 11 is 1.15. The maximum Gasteiger partial charge on any atom is 0.253 e. The molecule has 1 aliphatic rings. The fourth-order valence-electron chi connectivity index (χ4n) is 2.89. The molecule has 7 nitrogen and oxygen atoms in total. The third-order valence-corrected chi connectivity index (χ3v) is 4.67. The van der Waals surface area contributed by atoms with Crippen LogP contribution in [0, 0.1) is 0 Å². The predicted octanol–water partition coefficient (Wildman–Crippen LogP) is 0.975. The number of hydrogen-bond acceptors (Lipinski definition) is 6. The van der Waals surface area contributed by atoms with Crippen LogP contribution in [-0.2, 0) is 4.79 Å². The molecule has 3 rings (SSSR count). The zero-order valence-electron chi connectivity index (χ0n) is 13.7. The second-order valence-corrected chi connectivity index (χ2v) is 6.37. The molecule has 1 aliphatic heterocycles. The summed E-state index contributed by atoms with van der Waals surface area (Å²) < 4.78 is 8.36. The summed E-state index contributed by atoms with van der Waals surface area (Å²) in [7, 11) is 0. The van der Waals surface area contributed by atoms with Crippen LogP contribution in [-0.4, -0.2) is 69.6 Å². The molecule has 1 fully saturated rings. The smallest absolute Gasteiger partial charge is 0.253 e. The summed E-state index contributed by atoms with van der Waals surface area (Å²) in [4.78, 5) is 28.4. The van der Waals surface area contributed by atoms with Crippen molar-refractivity contribution in [1.82, 2.24) is 23.9 Å². The molecule has 0 saturated carbocycles. The molecule has 1 N–H and O–H groups in total. The molecule has 1 saturated heterocycles. The van der Waals surface area contributed by atoms with E-state index in [4.69, 9.17) is 0 Å². The number of hydrogen-bond donors (Lipinski definition) is 1. The zero-order valence-corrected chi connectivity index (χ0v) is 14.5. The van der Waals surface area contributed by atoms with Crippen molar-refractivity contribution < 1.29 is 9.59 Å². The Morgan fingerprint density at radius 3 is 2.83 bits per heavy atom. The van der Waals surface area contributed by atoms with Gasteiger partial charge in [-0.2, -0.15) is 8.75 Å². The van der Waals surface area contributed by atoms with Gasteiger partial charge in [-0.3, -0.25) is 14.5 Å². The molecular formula is C16H21N5O2S. The average molecular weight is 347 g/mol. The third-order valence-electron chi connectivity index (χ3n) is 4.12. The van der Waals surface area contributed by atoms with E-state index in [0.717, 1.165) is 35.7 Å². The average Bonchev–Trinajstić information content (AvgIpc) is 2.92. The third kappa shape index (κ3) is 3.88. The van der Waals surface area contributed by atoms with Crippen molar-refractivity contribution in [3.05, 3.63) is 23.8 Å². The number of rotatable bonds is 4. The lowest BCUT2D eigenvalue weighted by atomic mass is 10.1. The highest BCUT2D eigenvalue weighted by Crippen LogP contribution is 2.16. The molecule has 8 heteroatoms. The van der Waals surface area contributed by atoms with Crippen LogP contribution in [0.1, 0.15) is 23.7 Å². The first-order chi connectivity index (χ1) is 11.7. The monoisotopic (exact) mass is 347 g/mol. The topological polar surface area (TPSA) is 78.4 Å². The lowest BCUT2D eigenvalue weighted by Gasteiger charge is -2.21. The Labute approximate surface area is 145 Å². The molecule has 1 aromatic heterocycles. The van der Waals surface area contributed by atoms with Crippen molar-refractivity contribution >= 4 is 34.6 Å². The highest BCUT2D eigenvalue weighted by molar-refractivity contribution is 7.00. The molecule has 1 aromatic carbocycles. The van der Waals surface area contributed by atoms with Crippen molar-refractivity contribution in [2.45, 2.75) is 13.3 Å². The Balaban J connectivity index is 1.62. The van der Waals surface area contributed by atoms with E-state index >= 15 is 0 Å². The minimum Gasteiger partial charge on any atom is -0.355 e. The van der Waals surface area contributed by atoms with E-state index in [1.807, 2.05) is 24.0 Å². The quantitative estimate of drug-likeness (QED) is 0.892. The molecule has 0 spiro atoms. The lowest BCUT2D eigenvalue weighted by molar-refractivity contribution is -0.122. The van der Waals surface area contributed by atoms with Crippen LogP contribution in [0.3, 0.4) is 0 Å². The van der Waals surface area contributed by atoms with E-state index in [1.54, 1.807) is 6.07 Å². The normalized spacial score (nSPS) is 16.1. The summed E-state index contributed by atoms with van der Waals surface area (Å²) in [5.41, 5.74) is 2.23. The zero-order chi connectivity index (χ0) is 16.9. The number of fused-ring (bicyclic) bond motifs is 1. The molecule has 0 radical (unpaired) electrons. The standard InChI is InChI=1S/C16H21N5O2S/c1-2-17-15(22)11-20-6-3-7-21(9-8-20)16(23)12-4-5-13-14(10-12)19-24-18-13/h4-5,10H,2-3,6-9,11H2,1H3,(H,17,22). The van der Waals surface area contributed by atoms with E-state index in [2.05, 4.69) is 19.0 Å². The number of aromatic nitrogens is 2. The number of carbonyl (C=O) groups is 2. The Bertz CT molecular complexity index is 732. The number of likely N-dealkylation sites (N-methyl/N-ethyl adjacent to an activating group) is 1. The maximum absolute atomic E-state index is 12.7. The van der Waals surface area contributed by atoms with Gasteiger partial charge in [0, 0.05) is 38.3 Å². The van der Waals surface area contributed by atoms with E-state index in [1.165, 1.54) is 0 Å². The molecule has 0 atom stereocenters. The fourth-order valence-corrected chi connectivity index (χ4v) is 3.40. The number of benzene rings is 1. The summed E-state index contributed by atoms with van der Waals surface area (Å²) in [6.45, 7) is 5.83. The molecule has 24 heavy (non-hydrogen) atoms. The van der Waals surface area contributed by atoms with Crippen molar-refractivity contribution in [3.63, 3.8) is 0 Å². The maximum atomic E-state index is 12.7. The van der Waals surface area contributed by atoms with Crippen LogP contribution in [0.15, 0.2) is 18.2 Å². The number of nitrogens with one attached hydrogen (secondary N) is 1. The SMILES string of the molecule is CCNC(=O)CN1CCCN(C(=O)c2ccc3nsnc3c2)CC1. The fraction of sp³-hybridized carbons (Fsp3) is 0.500. The van der Waals surface area contributed by atoms with Gasteiger partial charge in [0.05, 0.1) is 18.3 Å². The van der Waals surface area contributed by atoms with Gasteiger partial charge in [-0.15, -0.1) is 0 Å². The molecule has 2 aromatic rings. The van der Waals surface area contributed by atoms with Gasteiger partial charge in [0.15, 0.2) is 0 Å².